The van der Waals surface area contributed by atoms with Gasteiger partial charge in [0.2, 0.25) is 5.90 Å². The molecule has 0 aromatic heterocycles. The average molecular weight is 248 g/mol. The molecule has 18 heavy (non-hydrogen) atoms. The van der Waals surface area contributed by atoms with E-state index >= 15 is 0 Å². The van der Waals surface area contributed by atoms with Gasteiger partial charge < -0.3 is 10.1 Å². The SMILES string of the molecule is Fc1cccc(C2CN=C(C3CCCCN3)O2)c1. The van der Waals surface area contributed by atoms with Crippen molar-refractivity contribution in [2.24, 2.45) is 4.99 Å². The summed E-state index contributed by atoms with van der Waals surface area (Å²) >= 11 is 0. The molecule has 3 rings (SSSR count). The fourth-order valence-corrected chi connectivity index (χ4v) is 2.53. The van der Waals surface area contributed by atoms with Crippen LogP contribution in [0.1, 0.15) is 30.9 Å². The molecular weight excluding hydrogens is 231 g/mol. The zero-order chi connectivity index (χ0) is 12.4. The molecule has 0 bridgehead atoms. The zero-order valence-electron chi connectivity index (χ0n) is 10.2. The molecule has 96 valence electrons. The number of ether oxygens (including phenoxy) is 1. The van der Waals surface area contributed by atoms with Crippen molar-refractivity contribution >= 4 is 5.90 Å². The van der Waals surface area contributed by atoms with Gasteiger partial charge in [0.05, 0.1) is 12.6 Å². The minimum Gasteiger partial charge on any atom is -0.470 e. The lowest BCUT2D eigenvalue weighted by molar-refractivity contribution is 0.212. The molecule has 4 heteroatoms. The van der Waals surface area contributed by atoms with Gasteiger partial charge in [-0.3, -0.25) is 0 Å². The van der Waals surface area contributed by atoms with Gasteiger partial charge in [-0.15, -0.1) is 0 Å². The van der Waals surface area contributed by atoms with E-state index in [9.17, 15) is 4.39 Å². The molecule has 2 heterocycles. The van der Waals surface area contributed by atoms with Crippen LogP contribution < -0.4 is 5.32 Å². The highest BCUT2D eigenvalue weighted by atomic mass is 19.1. The topological polar surface area (TPSA) is 33.6 Å². The van der Waals surface area contributed by atoms with Crippen LogP contribution in [0.15, 0.2) is 29.3 Å². The van der Waals surface area contributed by atoms with E-state index in [1.807, 2.05) is 6.07 Å². The number of benzene rings is 1. The lowest BCUT2D eigenvalue weighted by Crippen LogP contribution is -2.40. The summed E-state index contributed by atoms with van der Waals surface area (Å²) in [6, 6.07) is 6.82. The highest BCUT2D eigenvalue weighted by Crippen LogP contribution is 2.25. The molecule has 0 spiro atoms. The van der Waals surface area contributed by atoms with Crippen LogP contribution >= 0.6 is 0 Å². The lowest BCUT2D eigenvalue weighted by Gasteiger charge is -2.23. The van der Waals surface area contributed by atoms with Gasteiger partial charge in [-0.1, -0.05) is 18.6 Å². The van der Waals surface area contributed by atoms with Crippen molar-refractivity contribution in [1.29, 1.82) is 0 Å². The van der Waals surface area contributed by atoms with E-state index in [0.717, 1.165) is 24.4 Å². The summed E-state index contributed by atoms with van der Waals surface area (Å²) in [5.41, 5.74) is 0.865. The number of aliphatic imine (C=N–C) groups is 1. The fraction of sp³-hybridized carbons (Fsp3) is 0.500. The van der Waals surface area contributed by atoms with Crippen LogP contribution in [0.2, 0.25) is 0 Å². The Bertz CT molecular complexity index is 455. The zero-order valence-corrected chi connectivity index (χ0v) is 10.2. The summed E-state index contributed by atoms with van der Waals surface area (Å²) in [5, 5.41) is 3.41. The van der Waals surface area contributed by atoms with Crippen LogP contribution in [0.5, 0.6) is 0 Å². The highest BCUT2D eigenvalue weighted by molar-refractivity contribution is 5.83. The molecule has 2 unspecified atom stereocenters. The monoisotopic (exact) mass is 248 g/mol. The summed E-state index contributed by atoms with van der Waals surface area (Å²) in [6.45, 7) is 1.62. The van der Waals surface area contributed by atoms with Crippen molar-refractivity contribution < 1.29 is 9.13 Å². The van der Waals surface area contributed by atoms with E-state index in [4.69, 9.17) is 4.74 Å². The largest absolute Gasteiger partial charge is 0.470 e. The Labute approximate surface area is 106 Å². The molecule has 2 atom stereocenters. The molecular formula is C14H17FN2O. The van der Waals surface area contributed by atoms with E-state index in [1.165, 1.54) is 25.0 Å². The Morgan fingerprint density at radius 1 is 1.33 bits per heavy atom. The smallest absolute Gasteiger partial charge is 0.201 e. The molecule has 2 aliphatic rings. The Morgan fingerprint density at radius 3 is 3.06 bits per heavy atom. The maximum Gasteiger partial charge on any atom is 0.201 e. The second-order valence-electron chi connectivity index (χ2n) is 4.84. The van der Waals surface area contributed by atoms with Gasteiger partial charge >= 0.3 is 0 Å². The van der Waals surface area contributed by atoms with E-state index in [1.54, 1.807) is 6.07 Å². The lowest BCUT2D eigenvalue weighted by atomic mass is 10.1. The van der Waals surface area contributed by atoms with Gasteiger partial charge in [0.15, 0.2) is 0 Å². The van der Waals surface area contributed by atoms with E-state index in [-0.39, 0.29) is 18.0 Å². The Hall–Kier alpha value is -1.42. The first-order valence-corrected chi connectivity index (χ1v) is 6.53. The number of piperidine rings is 1. The summed E-state index contributed by atoms with van der Waals surface area (Å²) in [6.07, 6.45) is 3.38. The number of nitrogens with zero attached hydrogens (tertiary/aromatic N) is 1. The molecule has 3 nitrogen and oxygen atoms in total. The van der Waals surface area contributed by atoms with E-state index < -0.39 is 0 Å². The third-order valence-corrected chi connectivity index (χ3v) is 3.50. The summed E-state index contributed by atoms with van der Waals surface area (Å²) < 4.78 is 19.0. The van der Waals surface area contributed by atoms with Gasteiger partial charge in [-0.2, -0.15) is 0 Å². The second kappa shape index (κ2) is 5.06. The number of hydrogen-bond donors (Lipinski definition) is 1. The second-order valence-corrected chi connectivity index (χ2v) is 4.84. The summed E-state index contributed by atoms with van der Waals surface area (Å²) in [5.74, 6) is 0.573. The Balaban J connectivity index is 1.66. The minimum absolute atomic E-state index is 0.126. The van der Waals surface area contributed by atoms with Crippen molar-refractivity contribution in [3.8, 4) is 0 Å². The van der Waals surface area contributed by atoms with Crippen LogP contribution in [0, 0.1) is 5.82 Å². The first-order valence-electron chi connectivity index (χ1n) is 6.53. The Morgan fingerprint density at radius 2 is 2.28 bits per heavy atom. The third-order valence-electron chi connectivity index (χ3n) is 3.50. The molecule has 0 amide bonds. The average Bonchev–Trinajstić information content (AvgIpc) is 2.89. The van der Waals surface area contributed by atoms with Crippen LogP contribution in [0.3, 0.4) is 0 Å². The maximum atomic E-state index is 13.2. The van der Waals surface area contributed by atoms with Gasteiger partial charge in [0.25, 0.3) is 0 Å². The van der Waals surface area contributed by atoms with Crippen LogP contribution in [0.25, 0.3) is 0 Å². The number of nitrogens with one attached hydrogen (secondary N) is 1. The molecule has 1 saturated heterocycles. The quantitative estimate of drug-likeness (QED) is 0.872. The van der Waals surface area contributed by atoms with Crippen molar-refractivity contribution in [2.45, 2.75) is 31.4 Å². The first kappa shape index (κ1) is 11.7. The maximum absolute atomic E-state index is 13.2. The van der Waals surface area contributed by atoms with Gasteiger partial charge in [0.1, 0.15) is 11.9 Å². The fourth-order valence-electron chi connectivity index (χ4n) is 2.53. The van der Waals surface area contributed by atoms with Gasteiger partial charge in [-0.25, -0.2) is 9.38 Å². The molecule has 1 aromatic carbocycles. The molecule has 1 fully saturated rings. The highest BCUT2D eigenvalue weighted by Gasteiger charge is 2.28. The first-order chi connectivity index (χ1) is 8.83. The van der Waals surface area contributed by atoms with Crippen molar-refractivity contribution in [2.75, 3.05) is 13.1 Å². The van der Waals surface area contributed by atoms with Gasteiger partial charge in [0, 0.05) is 0 Å². The van der Waals surface area contributed by atoms with E-state index in [2.05, 4.69) is 10.3 Å². The molecule has 0 radical (unpaired) electrons. The number of halogens is 1. The number of hydrogen-bond acceptors (Lipinski definition) is 3. The molecule has 2 aliphatic heterocycles. The molecule has 1 N–H and O–H groups in total. The van der Waals surface area contributed by atoms with Crippen molar-refractivity contribution in [3.63, 3.8) is 0 Å². The summed E-state index contributed by atoms with van der Waals surface area (Å²) in [4.78, 5) is 4.46. The summed E-state index contributed by atoms with van der Waals surface area (Å²) in [7, 11) is 0. The van der Waals surface area contributed by atoms with Gasteiger partial charge in [-0.05, 0) is 37.1 Å². The Kier molecular flexibility index (Phi) is 3.28. The number of rotatable bonds is 2. The van der Waals surface area contributed by atoms with Crippen molar-refractivity contribution in [1.82, 2.24) is 5.32 Å². The predicted octanol–water partition coefficient (Wildman–Crippen LogP) is 2.44. The third kappa shape index (κ3) is 2.38. The standard InChI is InChI=1S/C14H17FN2O/c15-11-5-3-4-10(8-11)13-9-17-14(18-13)12-6-1-2-7-16-12/h3-5,8,12-13,16H,1-2,6-7,9H2. The van der Waals surface area contributed by atoms with Crippen molar-refractivity contribution in [3.05, 3.63) is 35.6 Å². The molecule has 1 aromatic rings. The van der Waals surface area contributed by atoms with Crippen LogP contribution in [0.4, 0.5) is 4.39 Å². The van der Waals surface area contributed by atoms with Crippen LogP contribution in [-0.2, 0) is 4.74 Å². The minimum atomic E-state index is -0.222. The van der Waals surface area contributed by atoms with Crippen LogP contribution in [-0.4, -0.2) is 25.0 Å². The predicted molar refractivity (Wildman–Crippen MR) is 68.2 cm³/mol. The molecule has 0 aliphatic carbocycles. The normalized spacial score (nSPS) is 27.7. The van der Waals surface area contributed by atoms with E-state index in [0.29, 0.717) is 6.54 Å². The molecule has 0 saturated carbocycles.